The molecule has 1 fully saturated rings. The minimum Gasteiger partial charge on any atom is -0.369 e. The number of hydrogen-bond acceptors (Lipinski definition) is 3. The van der Waals surface area contributed by atoms with Gasteiger partial charge in [0, 0.05) is 37.9 Å². The van der Waals surface area contributed by atoms with Crippen molar-refractivity contribution in [3.8, 4) is 0 Å². The zero-order valence-electron chi connectivity index (χ0n) is 13.0. The van der Waals surface area contributed by atoms with E-state index >= 15 is 0 Å². The van der Waals surface area contributed by atoms with E-state index in [-0.39, 0.29) is 0 Å². The van der Waals surface area contributed by atoms with E-state index in [1.165, 1.54) is 38.2 Å². The third-order valence-electron chi connectivity index (χ3n) is 4.16. The summed E-state index contributed by atoms with van der Waals surface area (Å²) < 4.78 is 0. The Kier molecular flexibility index (Phi) is 6.34. The van der Waals surface area contributed by atoms with Crippen molar-refractivity contribution in [1.82, 2.24) is 10.2 Å². The van der Waals surface area contributed by atoms with Crippen LogP contribution in [-0.2, 0) is 0 Å². The molecule has 2 rings (SSSR count). The number of anilines is 1. The second-order valence-electron chi connectivity index (χ2n) is 5.77. The molecule has 20 heavy (non-hydrogen) atoms. The van der Waals surface area contributed by atoms with Gasteiger partial charge in [-0.2, -0.15) is 0 Å². The molecule has 0 aliphatic carbocycles. The predicted octanol–water partition coefficient (Wildman–Crippen LogP) is 2.59. The fourth-order valence-electron chi connectivity index (χ4n) is 2.94. The molecule has 1 aliphatic rings. The molecule has 0 spiro atoms. The Bertz CT molecular complexity index is 358. The first kappa shape index (κ1) is 15.3. The summed E-state index contributed by atoms with van der Waals surface area (Å²) in [5, 5.41) is 3.49. The second-order valence-corrected chi connectivity index (χ2v) is 5.77. The molecular weight excluding hydrogens is 246 g/mol. The Morgan fingerprint density at radius 1 is 1.10 bits per heavy atom. The van der Waals surface area contributed by atoms with Gasteiger partial charge in [-0.1, -0.05) is 25.1 Å². The summed E-state index contributed by atoms with van der Waals surface area (Å²) in [6.07, 6.45) is 2.59. The zero-order chi connectivity index (χ0) is 14.2. The lowest BCUT2D eigenvalue weighted by Gasteiger charge is -2.36. The number of piperazine rings is 1. The molecule has 112 valence electrons. The van der Waals surface area contributed by atoms with Crippen molar-refractivity contribution < 1.29 is 0 Å². The summed E-state index contributed by atoms with van der Waals surface area (Å²) in [5.41, 5.74) is 1.37. The zero-order valence-corrected chi connectivity index (χ0v) is 13.0. The predicted molar refractivity (Wildman–Crippen MR) is 87.5 cm³/mol. The maximum atomic E-state index is 3.49. The first-order chi connectivity index (χ1) is 9.79. The van der Waals surface area contributed by atoms with Crippen LogP contribution < -0.4 is 10.2 Å². The van der Waals surface area contributed by atoms with E-state index in [9.17, 15) is 0 Å². The van der Waals surface area contributed by atoms with Crippen LogP contribution in [0.5, 0.6) is 0 Å². The van der Waals surface area contributed by atoms with Gasteiger partial charge in [0.1, 0.15) is 0 Å². The van der Waals surface area contributed by atoms with Crippen molar-refractivity contribution in [2.24, 2.45) is 0 Å². The molecule has 0 aromatic heterocycles. The molecule has 3 heteroatoms. The molecule has 1 aromatic rings. The second kappa shape index (κ2) is 8.28. The Hall–Kier alpha value is -1.06. The number of nitrogens with one attached hydrogen (secondary N) is 1. The normalized spacial score (nSPS) is 18.2. The Morgan fingerprint density at radius 3 is 2.45 bits per heavy atom. The van der Waals surface area contributed by atoms with Crippen LogP contribution in [0.1, 0.15) is 26.7 Å². The maximum Gasteiger partial charge on any atom is 0.0367 e. The van der Waals surface area contributed by atoms with Gasteiger partial charge in [0.25, 0.3) is 0 Å². The number of nitrogens with zero attached hydrogens (tertiary/aromatic N) is 2. The number of rotatable bonds is 7. The topological polar surface area (TPSA) is 18.5 Å². The largest absolute Gasteiger partial charge is 0.369 e. The van der Waals surface area contributed by atoms with E-state index in [0.29, 0.717) is 6.04 Å². The van der Waals surface area contributed by atoms with Gasteiger partial charge in [-0.05, 0) is 45.0 Å². The summed E-state index contributed by atoms with van der Waals surface area (Å²) in [7, 11) is 0. The van der Waals surface area contributed by atoms with Crippen LogP contribution in [0.2, 0.25) is 0 Å². The van der Waals surface area contributed by atoms with Gasteiger partial charge in [0.05, 0.1) is 0 Å². The van der Waals surface area contributed by atoms with Gasteiger partial charge in [-0.3, -0.25) is 4.90 Å². The van der Waals surface area contributed by atoms with Gasteiger partial charge in [-0.25, -0.2) is 0 Å². The monoisotopic (exact) mass is 275 g/mol. The summed E-state index contributed by atoms with van der Waals surface area (Å²) in [6.45, 7) is 11.5. The van der Waals surface area contributed by atoms with E-state index in [1.54, 1.807) is 0 Å². The van der Waals surface area contributed by atoms with Crippen molar-refractivity contribution in [3.63, 3.8) is 0 Å². The molecule has 1 atom stereocenters. The first-order valence-corrected chi connectivity index (χ1v) is 8.05. The van der Waals surface area contributed by atoms with Crippen molar-refractivity contribution in [1.29, 1.82) is 0 Å². The smallest absolute Gasteiger partial charge is 0.0367 e. The first-order valence-electron chi connectivity index (χ1n) is 8.05. The average molecular weight is 275 g/mol. The third kappa shape index (κ3) is 4.80. The van der Waals surface area contributed by atoms with Gasteiger partial charge in [0.2, 0.25) is 0 Å². The van der Waals surface area contributed by atoms with E-state index in [4.69, 9.17) is 0 Å². The fraction of sp³-hybridized carbons (Fsp3) is 0.647. The van der Waals surface area contributed by atoms with Crippen molar-refractivity contribution in [2.75, 3.05) is 44.2 Å². The van der Waals surface area contributed by atoms with Crippen LogP contribution in [0.4, 0.5) is 5.69 Å². The van der Waals surface area contributed by atoms with E-state index < -0.39 is 0 Å². The summed E-state index contributed by atoms with van der Waals surface area (Å²) in [6, 6.07) is 11.4. The molecular formula is C17H29N3. The molecule has 0 amide bonds. The van der Waals surface area contributed by atoms with Crippen LogP contribution in [-0.4, -0.2) is 50.2 Å². The molecule has 1 heterocycles. The third-order valence-corrected chi connectivity index (χ3v) is 4.16. The standard InChI is InChI=1S/C17H29N3/c1-3-18-16(2)8-7-11-19-12-14-20(15-13-19)17-9-5-4-6-10-17/h4-6,9-10,16,18H,3,7-8,11-15H2,1-2H3. The van der Waals surface area contributed by atoms with E-state index in [0.717, 1.165) is 19.6 Å². The summed E-state index contributed by atoms with van der Waals surface area (Å²) in [5.74, 6) is 0. The molecule has 1 aliphatic heterocycles. The minimum atomic E-state index is 0.658. The minimum absolute atomic E-state index is 0.658. The lowest BCUT2D eigenvalue weighted by Crippen LogP contribution is -2.46. The molecule has 1 N–H and O–H groups in total. The van der Waals surface area contributed by atoms with Gasteiger partial charge in [-0.15, -0.1) is 0 Å². The van der Waals surface area contributed by atoms with Crippen LogP contribution in [0.3, 0.4) is 0 Å². The fourth-order valence-corrected chi connectivity index (χ4v) is 2.94. The van der Waals surface area contributed by atoms with Crippen molar-refractivity contribution >= 4 is 5.69 Å². The highest BCUT2D eigenvalue weighted by molar-refractivity contribution is 5.46. The highest BCUT2D eigenvalue weighted by atomic mass is 15.3. The summed E-state index contributed by atoms with van der Waals surface area (Å²) in [4.78, 5) is 5.11. The highest BCUT2D eigenvalue weighted by Gasteiger charge is 2.16. The van der Waals surface area contributed by atoms with E-state index in [1.807, 2.05) is 0 Å². The Balaban J connectivity index is 1.65. The SMILES string of the molecule is CCNC(C)CCCN1CCN(c2ccccc2)CC1. The van der Waals surface area contributed by atoms with Crippen molar-refractivity contribution in [3.05, 3.63) is 30.3 Å². The molecule has 1 saturated heterocycles. The van der Waals surface area contributed by atoms with Crippen LogP contribution in [0.15, 0.2) is 30.3 Å². The lowest BCUT2D eigenvalue weighted by atomic mass is 10.1. The number of para-hydroxylation sites is 1. The van der Waals surface area contributed by atoms with Gasteiger partial charge < -0.3 is 10.2 Å². The lowest BCUT2D eigenvalue weighted by molar-refractivity contribution is 0.249. The molecule has 1 aromatic carbocycles. The Morgan fingerprint density at radius 2 is 1.80 bits per heavy atom. The Labute approximate surface area is 124 Å². The quantitative estimate of drug-likeness (QED) is 0.825. The molecule has 3 nitrogen and oxygen atoms in total. The van der Waals surface area contributed by atoms with Gasteiger partial charge >= 0.3 is 0 Å². The van der Waals surface area contributed by atoms with Crippen LogP contribution >= 0.6 is 0 Å². The number of hydrogen-bond donors (Lipinski definition) is 1. The van der Waals surface area contributed by atoms with Crippen LogP contribution in [0.25, 0.3) is 0 Å². The molecule has 0 saturated carbocycles. The molecule has 1 unspecified atom stereocenters. The molecule has 0 bridgehead atoms. The summed E-state index contributed by atoms with van der Waals surface area (Å²) >= 11 is 0. The maximum absolute atomic E-state index is 3.49. The highest BCUT2D eigenvalue weighted by Crippen LogP contribution is 2.15. The number of benzene rings is 1. The van der Waals surface area contributed by atoms with E-state index in [2.05, 4.69) is 59.3 Å². The van der Waals surface area contributed by atoms with Crippen LogP contribution in [0, 0.1) is 0 Å². The molecule has 0 radical (unpaired) electrons. The van der Waals surface area contributed by atoms with Crippen molar-refractivity contribution in [2.45, 2.75) is 32.7 Å². The van der Waals surface area contributed by atoms with Gasteiger partial charge in [0.15, 0.2) is 0 Å². The average Bonchev–Trinajstić information content (AvgIpc) is 2.49.